The average molecular weight is 365 g/mol. The van der Waals surface area contributed by atoms with E-state index in [-0.39, 0.29) is 24.0 Å². The first-order valence-electron chi connectivity index (χ1n) is 7.29. The van der Waals surface area contributed by atoms with Crippen LogP contribution in [0.4, 0.5) is 0 Å². The number of nitrogens with one attached hydrogen (secondary N) is 1. The largest absolute Gasteiger partial charge is 0.370 e. The summed E-state index contributed by atoms with van der Waals surface area (Å²) in [4.78, 5) is 4.44. The smallest absolute Gasteiger partial charge is 0.188 e. The number of nitrogens with two attached hydrogens (primary N) is 1. The molecule has 3 N–H and O–H groups in total. The predicted octanol–water partition coefficient (Wildman–Crippen LogP) is 3.14. The summed E-state index contributed by atoms with van der Waals surface area (Å²) < 4.78 is 0. The van der Waals surface area contributed by atoms with Crippen LogP contribution in [0, 0.1) is 17.8 Å². The SMILES string of the molecule is CC1CCCCC1CNC(N)=NCC1CCC1.I. The lowest BCUT2D eigenvalue weighted by molar-refractivity contribution is 0.256. The van der Waals surface area contributed by atoms with Gasteiger partial charge in [0.05, 0.1) is 0 Å². The van der Waals surface area contributed by atoms with Gasteiger partial charge in [0.1, 0.15) is 0 Å². The van der Waals surface area contributed by atoms with E-state index >= 15 is 0 Å². The summed E-state index contributed by atoms with van der Waals surface area (Å²) in [5.41, 5.74) is 5.90. The lowest BCUT2D eigenvalue weighted by Gasteiger charge is -2.29. The van der Waals surface area contributed by atoms with Crippen molar-refractivity contribution in [3.05, 3.63) is 0 Å². The van der Waals surface area contributed by atoms with Gasteiger partial charge in [-0.2, -0.15) is 0 Å². The van der Waals surface area contributed by atoms with Crippen LogP contribution in [0.3, 0.4) is 0 Å². The topological polar surface area (TPSA) is 50.4 Å². The Kier molecular flexibility index (Phi) is 7.34. The molecule has 0 aromatic heterocycles. The molecule has 2 unspecified atom stereocenters. The maximum absolute atomic E-state index is 5.90. The Morgan fingerprint density at radius 3 is 2.50 bits per heavy atom. The van der Waals surface area contributed by atoms with E-state index in [0.717, 1.165) is 30.8 Å². The van der Waals surface area contributed by atoms with E-state index in [1.807, 2.05) is 0 Å². The van der Waals surface area contributed by atoms with Gasteiger partial charge in [0.25, 0.3) is 0 Å². The van der Waals surface area contributed by atoms with Crippen molar-refractivity contribution >= 4 is 29.9 Å². The third kappa shape index (κ3) is 4.94. The molecule has 2 atom stereocenters. The summed E-state index contributed by atoms with van der Waals surface area (Å²) in [6.45, 7) is 4.31. The van der Waals surface area contributed by atoms with E-state index < -0.39 is 0 Å². The molecule has 4 heteroatoms. The molecule has 0 spiro atoms. The monoisotopic (exact) mass is 365 g/mol. The first kappa shape index (κ1) is 16.1. The number of guanidine groups is 1. The summed E-state index contributed by atoms with van der Waals surface area (Å²) in [6.07, 6.45) is 9.59. The van der Waals surface area contributed by atoms with E-state index in [4.69, 9.17) is 5.73 Å². The minimum absolute atomic E-state index is 0. The van der Waals surface area contributed by atoms with E-state index in [2.05, 4.69) is 17.2 Å². The number of hydrogen-bond acceptors (Lipinski definition) is 1. The molecule has 2 rings (SSSR count). The zero-order valence-electron chi connectivity index (χ0n) is 11.5. The van der Waals surface area contributed by atoms with Gasteiger partial charge in [0, 0.05) is 13.1 Å². The Bertz CT molecular complexity index is 264. The first-order valence-corrected chi connectivity index (χ1v) is 7.29. The third-order valence-corrected chi connectivity index (χ3v) is 4.58. The van der Waals surface area contributed by atoms with Crippen molar-refractivity contribution in [2.24, 2.45) is 28.5 Å². The molecule has 0 bridgehead atoms. The van der Waals surface area contributed by atoms with Gasteiger partial charge in [0.2, 0.25) is 0 Å². The molecule has 3 nitrogen and oxygen atoms in total. The second-order valence-corrected chi connectivity index (χ2v) is 5.93. The number of aliphatic imine (C=N–C) groups is 1. The van der Waals surface area contributed by atoms with E-state index in [0.29, 0.717) is 5.96 Å². The van der Waals surface area contributed by atoms with Crippen molar-refractivity contribution in [2.45, 2.75) is 51.9 Å². The fourth-order valence-corrected chi connectivity index (χ4v) is 2.89. The molecule has 0 heterocycles. The van der Waals surface area contributed by atoms with Gasteiger partial charge in [-0.15, -0.1) is 24.0 Å². The van der Waals surface area contributed by atoms with Gasteiger partial charge in [-0.1, -0.05) is 32.6 Å². The molecular weight excluding hydrogens is 337 g/mol. The van der Waals surface area contributed by atoms with Crippen LogP contribution >= 0.6 is 24.0 Å². The highest BCUT2D eigenvalue weighted by Crippen LogP contribution is 2.29. The van der Waals surface area contributed by atoms with Crippen LogP contribution in [0.2, 0.25) is 0 Å². The Balaban J connectivity index is 0.00000162. The van der Waals surface area contributed by atoms with E-state index in [1.165, 1.54) is 44.9 Å². The fourth-order valence-electron chi connectivity index (χ4n) is 2.89. The van der Waals surface area contributed by atoms with Gasteiger partial charge < -0.3 is 11.1 Å². The molecule has 0 aromatic rings. The molecule has 0 aliphatic heterocycles. The highest BCUT2D eigenvalue weighted by Gasteiger charge is 2.21. The van der Waals surface area contributed by atoms with E-state index in [9.17, 15) is 0 Å². The van der Waals surface area contributed by atoms with Crippen molar-refractivity contribution < 1.29 is 0 Å². The molecule has 0 amide bonds. The summed E-state index contributed by atoms with van der Waals surface area (Å²) in [5.74, 6) is 3.11. The molecule has 2 aliphatic rings. The molecule has 0 aromatic carbocycles. The molecule has 0 saturated heterocycles. The minimum Gasteiger partial charge on any atom is -0.370 e. The van der Waals surface area contributed by atoms with E-state index in [1.54, 1.807) is 0 Å². The number of rotatable bonds is 4. The van der Waals surface area contributed by atoms with Gasteiger partial charge in [0.15, 0.2) is 5.96 Å². The summed E-state index contributed by atoms with van der Waals surface area (Å²) >= 11 is 0. The van der Waals surface area contributed by atoms with Gasteiger partial charge in [-0.05, 0) is 37.0 Å². The van der Waals surface area contributed by atoms with Crippen molar-refractivity contribution in [2.75, 3.05) is 13.1 Å². The van der Waals surface area contributed by atoms with Crippen molar-refractivity contribution in [1.29, 1.82) is 0 Å². The summed E-state index contributed by atoms with van der Waals surface area (Å²) in [7, 11) is 0. The molecular formula is C14H28IN3. The maximum Gasteiger partial charge on any atom is 0.188 e. The minimum atomic E-state index is 0. The highest BCUT2D eigenvalue weighted by atomic mass is 127. The number of hydrogen-bond donors (Lipinski definition) is 2. The lowest BCUT2D eigenvalue weighted by atomic mass is 9.80. The van der Waals surface area contributed by atoms with Gasteiger partial charge >= 0.3 is 0 Å². The Morgan fingerprint density at radius 2 is 1.89 bits per heavy atom. The van der Waals surface area contributed by atoms with Crippen molar-refractivity contribution in [1.82, 2.24) is 5.32 Å². The van der Waals surface area contributed by atoms with Crippen LogP contribution in [0.1, 0.15) is 51.9 Å². The molecule has 2 aliphatic carbocycles. The highest BCUT2D eigenvalue weighted by molar-refractivity contribution is 14.0. The van der Waals surface area contributed by atoms with Crippen LogP contribution < -0.4 is 11.1 Å². The predicted molar refractivity (Wildman–Crippen MR) is 88.4 cm³/mol. The van der Waals surface area contributed by atoms with Crippen molar-refractivity contribution in [3.8, 4) is 0 Å². The van der Waals surface area contributed by atoms with Crippen molar-refractivity contribution in [3.63, 3.8) is 0 Å². The van der Waals surface area contributed by atoms with Crippen LogP contribution in [-0.2, 0) is 0 Å². The van der Waals surface area contributed by atoms with Crippen LogP contribution in [0.25, 0.3) is 0 Å². The first-order chi connectivity index (χ1) is 8.25. The Labute approximate surface area is 128 Å². The van der Waals surface area contributed by atoms with Gasteiger partial charge in [-0.3, -0.25) is 4.99 Å². The van der Waals surface area contributed by atoms with Crippen LogP contribution in [-0.4, -0.2) is 19.0 Å². The normalized spacial score (nSPS) is 29.3. The summed E-state index contributed by atoms with van der Waals surface area (Å²) in [5, 5.41) is 3.31. The van der Waals surface area contributed by atoms with Gasteiger partial charge in [-0.25, -0.2) is 0 Å². The molecule has 0 radical (unpaired) electrons. The second-order valence-electron chi connectivity index (χ2n) is 5.93. The Morgan fingerprint density at radius 1 is 1.17 bits per heavy atom. The standard InChI is InChI=1S/C14H27N3.HI/c1-11-5-2-3-8-13(11)10-17-14(15)16-9-12-6-4-7-12;/h11-13H,2-10H2,1H3,(H3,15,16,17);1H. The molecule has 2 fully saturated rings. The maximum atomic E-state index is 5.90. The number of nitrogens with zero attached hydrogens (tertiary/aromatic N) is 1. The molecule has 2 saturated carbocycles. The quantitative estimate of drug-likeness (QED) is 0.457. The van der Waals surface area contributed by atoms with Crippen LogP contribution in [0.15, 0.2) is 4.99 Å². The number of halogens is 1. The van der Waals surface area contributed by atoms with Crippen LogP contribution in [0.5, 0.6) is 0 Å². The Hall–Kier alpha value is 0. The summed E-state index contributed by atoms with van der Waals surface area (Å²) in [6, 6.07) is 0. The third-order valence-electron chi connectivity index (χ3n) is 4.58. The lowest BCUT2D eigenvalue weighted by Crippen LogP contribution is -2.38. The zero-order chi connectivity index (χ0) is 12.1. The zero-order valence-corrected chi connectivity index (χ0v) is 13.9. The molecule has 106 valence electrons. The fraction of sp³-hybridized carbons (Fsp3) is 0.929. The second kappa shape index (κ2) is 8.23. The average Bonchev–Trinajstić information content (AvgIpc) is 2.26. The molecule has 18 heavy (non-hydrogen) atoms.